The maximum Gasteiger partial charge on any atom is 0.410 e. The second-order valence-corrected chi connectivity index (χ2v) is 4.19. The molecule has 0 N–H and O–H groups in total. The number of unbranched alkanes of at least 4 members (excludes halogenated alkanes) is 1. The molecule has 0 aliphatic carbocycles. The van der Waals surface area contributed by atoms with Crippen molar-refractivity contribution in [3.05, 3.63) is 0 Å². The zero-order valence-electron chi connectivity index (χ0n) is 10.8. The maximum absolute atomic E-state index is 11.8. The Morgan fingerprint density at radius 3 is 2.78 bits per heavy atom. The highest BCUT2D eigenvalue weighted by molar-refractivity contribution is 5.91. The van der Waals surface area contributed by atoms with Gasteiger partial charge in [-0.3, -0.25) is 9.69 Å². The number of hydrogen-bond donors (Lipinski definition) is 0. The summed E-state index contributed by atoms with van der Waals surface area (Å²) in [7, 11) is 1.24. The summed E-state index contributed by atoms with van der Waals surface area (Å²) in [6.45, 7) is 2.53. The molecule has 1 aliphatic rings. The zero-order valence-corrected chi connectivity index (χ0v) is 10.8. The van der Waals surface area contributed by atoms with E-state index in [9.17, 15) is 14.4 Å². The lowest BCUT2D eigenvalue weighted by atomic mass is 10.0. The highest BCUT2D eigenvalue weighted by atomic mass is 16.6. The van der Waals surface area contributed by atoms with Gasteiger partial charge < -0.3 is 9.47 Å². The van der Waals surface area contributed by atoms with E-state index in [4.69, 9.17) is 4.74 Å². The fourth-order valence-electron chi connectivity index (χ4n) is 1.78. The zero-order chi connectivity index (χ0) is 13.5. The van der Waals surface area contributed by atoms with Gasteiger partial charge in [-0.25, -0.2) is 9.59 Å². The van der Waals surface area contributed by atoms with Crippen LogP contribution < -0.4 is 0 Å². The molecule has 1 amide bonds. The Balaban J connectivity index is 2.62. The number of rotatable bonds is 4. The van der Waals surface area contributed by atoms with Crippen LogP contribution >= 0.6 is 0 Å². The standard InChI is InChI=1S/C12H19NO5/c1-3-4-7-18-12(16)13-6-5-9(14)8-10(13)11(15)17-2/h10H,3-8H2,1-2H3. The van der Waals surface area contributed by atoms with Gasteiger partial charge in [0.1, 0.15) is 11.8 Å². The molecule has 18 heavy (non-hydrogen) atoms. The van der Waals surface area contributed by atoms with E-state index in [1.54, 1.807) is 0 Å². The second kappa shape index (κ2) is 6.98. The van der Waals surface area contributed by atoms with Gasteiger partial charge in [-0.15, -0.1) is 0 Å². The topological polar surface area (TPSA) is 72.9 Å². The third kappa shape index (κ3) is 3.72. The number of nitrogens with zero attached hydrogens (tertiary/aromatic N) is 1. The summed E-state index contributed by atoms with van der Waals surface area (Å²) in [6, 6.07) is -0.842. The molecule has 1 heterocycles. The van der Waals surface area contributed by atoms with Crippen LogP contribution in [0.5, 0.6) is 0 Å². The first-order valence-electron chi connectivity index (χ1n) is 6.13. The van der Waals surface area contributed by atoms with E-state index in [-0.39, 0.29) is 25.2 Å². The van der Waals surface area contributed by atoms with Gasteiger partial charge in [0.15, 0.2) is 0 Å². The average Bonchev–Trinajstić information content (AvgIpc) is 2.37. The summed E-state index contributed by atoms with van der Waals surface area (Å²) >= 11 is 0. The van der Waals surface area contributed by atoms with Crippen LogP contribution in [0.4, 0.5) is 4.79 Å². The number of ether oxygens (including phenoxy) is 2. The minimum atomic E-state index is -0.842. The SMILES string of the molecule is CCCCOC(=O)N1CCC(=O)CC1C(=O)OC. The summed E-state index contributed by atoms with van der Waals surface area (Å²) in [5.74, 6) is -0.613. The maximum atomic E-state index is 11.8. The lowest BCUT2D eigenvalue weighted by Gasteiger charge is -2.32. The number of carbonyl (C=O) groups excluding carboxylic acids is 3. The van der Waals surface area contributed by atoms with Gasteiger partial charge in [-0.05, 0) is 6.42 Å². The molecule has 0 bridgehead atoms. The number of Topliss-reactive ketones (excluding diaryl/α,β-unsaturated/α-hetero) is 1. The van der Waals surface area contributed by atoms with Crippen molar-refractivity contribution >= 4 is 17.8 Å². The van der Waals surface area contributed by atoms with Crippen molar-refractivity contribution in [1.82, 2.24) is 4.90 Å². The largest absolute Gasteiger partial charge is 0.467 e. The molecule has 1 saturated heterocycles. The van der Waals surface area contributed by atoms with Gasteiger partial charge >= 0.3 is 12.1 Å². The lowest BCUT2D eigenvalue weighted by Crippen LogP contribution is -2.51. The number of amides is 1. The summed E-state index contributed by atoms with van der Waals surface area (Å²) < 4.78 is 9.65. The molecule has 102 valence electrons. The predicted molar refractivity (Wildman–Crippen MR) is 63.0 cm³/mol. The first-order valence-corrected chi connectivity index (χ1v) is 6.13. The molecule has 0 aromatic rings. The predicted octanol–water partition coefficient (Wildman–Crippen LogP) is 1.13. The van der Waals surface area contributed by atoms with E-state index in [0.717, 1.165) is 12.8 Å². The van der Waals surface area contributed by atoms with Gasteiger partial charge in [-0.2, -0.15) is 0 Å². The van der Waals surface area contributed by atoms with Crippen molar-refractivity contribution in [1.29, 1.82) is 0 Å². The Kier molecular flexibility index (Phi) is 5.61. The third-order valence-electron chi connectivity index (χ3n) is 2.86. The molecule has 1 fully saturated rings. The van der Waals surface area contributed by atoms with Crippen molar-refractivity contribution in [2.45, 2.75) is 38.6 Å². The van der Waals surface area contributed by atoms with E-state index in [0.29, 0.717) is 6.61 Å². The first kappa shape index (κ1) is 14.5. The van der Waals surface area contributed by atoms with Crippen molar-refractivity contribution in [3.63, 3.8) is 0 Å². The van der Waals surface area contributed by atoms with E-state index < -0.39 is 18.1 Å². The monoisotopic (exact) mass is 257 g/mol. The van der Waals surface area contributed by atoms with Crippen LogP contribution in [0.2, 0.25) is 0 Å². The Morgan fingerprint density at radius 2 is 2.17 bits per heavy atom. The normalized spacial score (nSPS) is 19.6. The molecule has 1 rings (SSSR count). The van der Waals surface area contributed by atoms with Crippen LogP contribution in [0.1, 0.15) is 32.6 Å². The first-order chi connectivity index (χ1) is 8.60. The number of likely N-dealkylation sites (tertiary alicyclic amines) is 1. The number of piperidine rings is 1. The molecule has 0 radical (unpaired) electrons. The number of carbonyl (C=O) groups is 3. The fourth-order valence-corrected chi connectivity index (χ4v) is 1.78. The third-order valence-corrected chi connectivity index (χ3v) is 2.86. The summed E-state index contributed by atoms with van der Waals surface area (Å²) in [5, 5.41) is 0. The quantitative estimate of drug-likeness (QED) is 0.557. The molecule has 1 aliphatic heterocycles. The molecule has 1 atom stereocenters. The van der Waals surface area contributed by atoms with Crippen molar-refractivity contribution in [3.8, 4) is 0 Å². The minimum absolute atomic E-state index is 0.00948. The fraction of sp³-hybridized carbons (Fsp3) is 0.750. The van der Waals surface area contributed by atoms with Crippen LogP contribution in [-0.4, -0.2) is 49.0 Å². The van der Waals surface area contributed by atoms with Crippen molar-refractivity contribution in [2.24, 2.45) is 0 Å². The summed E-state index contributed by atoms with van der Waals surface area (Å²) in [6.07, 6.45) is 1.42. The molecular weight excluding hydrogens is 238 g/mol. The summed E-state index contributed by atoms with van der Waals surface area (Å²) in [4.78, 5) is 35.9. The highest BCUT2D eigenvalue weighted by Gasteiger charge is 2.37. The smallest absolute Gasteiger partial charge is 0.410 e. The molecule has 1 unspecified atom stereocenters. The molecule has 0 spiro atoms. The molecule has 6 nitrogen and oxygen atoms in total. The number of hydrogen-bond acceptors (Lipinski definition) is 5. The van der Waals surface area contributed by atoms with Crippen molar-refractivity contribution in [2.75, 3.05) is 20.3 Å². The number of methoxy groups -OCH3 is 1. The number of esters is 1. The molecule has 0 saturated carbocycles. The van der Waals surface area contributed by atoms with Gasteiger partial charge in [0, 0.05) is 19.4 Å². The average molecular weight is 257 g/mol. The molecule has 0 aromatic heterocycles. The van der Waals surface area contributed by atoms with Crippen molar-refractivity contribution < 1.29 is 23.9 Å². The van der Waals surface area contributed by atoms with Gasteiger partial charge in [0.2, 0.25) is 0 Å². The molecule has 6 heteroatoms. The van der Waals surface area contributed by atoms with Crippen LogP contribution in [0.3, 0.4) is 0 Å². The molecular formula is C12H19NO5. The second-order valence-electron chi connectivity index (χ2n) is 4.19. The summed E-state index contributed by atoms with van der Waals surface area (Å²) in [5.41, 5.74) is 0. The van der Waals surface area contributed by atoms with Crippen LogP contribution in [0, 0.1) is 0 Å². The minimum Gasteiger partial charge on any atom is -0.467 e. The molecule has 0 aromatic carbocycles. The Hall–Kier alpha value is -1.59. The Labute approximate surface area is 106 Å². The van der Waals surface area contributed by atoms with Gasteiger partial charge in [0.05, 0.1) is 13.7 Å². The Bertz CT molecular complexity index is 328. The number of ketones is 1. The lowest BCUT2D eigenvalue weighted by molar-refractivity contribution is -0.150. The van der Waals surface area contributed by atoms with E-state index in [2.05, 4.69) is 4.74 Å². The van der Waals surface area contributed by atoms with Crippen LogP contribution in [0.25, 0.3) is 0 Å². The highest BCUT2D eigenvalue weighted by Crippen LogP contribution is 2.17. The Morgan fingerprint density at radius 1 is 1.44 bits per heavy atom. The van der Waals surface area contributed by atoms with E-state index >= 15 is 0 Å². The van der Waals surface area contributed by atoms with E-state index in [1.165, 1.54) is 12.0 Å². The van der Waals surface area contributed by atoms with Crippen LogP contribution in [-0.2, 0) is 19.1 Å². The van der Waals surface area contributed by atoms with Gasteiger partial charge in [-0.1, -0.05) is 13.3 Å². The van der Waals surface area contributed by atoms with Crippen LogP contribution in [0.15, 0.2) is 0 Å². The van der Waals surface area contributed by atoms with E-state index in [1.807, 2.05) is 6.92 Å². The van der Waals surface area contributed by atoms with Gasteiger partial charge in [0.25, 0.3) is 0 Å².